The average Bonchev–Trinajstić information content (AvgIpc) is 3.04. The minimum Gasteiger partial charge on any atom is -0.458 e. The number of benzene rings is 1. The van der Waals surface area contributed by atoms with Gasteiger partial charge < -0.3 is 18.9 Å². The van der Waals surface area contributed by atoms with Gasteiger partial charge in [0.25, 0.3) is 0 Å². The molecule has 2 unspecified atom stereocenters. The van der Waals surface area contributed by atoms with Crippen LogP contribution in [0.3, 0.4) is 0 Å². The van der Waals surface area contributed by atoms with Crippen molar-refractivity contribution in [3.05, 3.63) is 30.3 Å². The van der Waals surface area contributed by atoms with Crippen molar-refractivity contribution < 1.29 is 28.5 Å². The van der Waals surface area contributed by atoms with Crippen LogP contribution in [0.25, 0.3) is 0 Å². The average molecular weight is 394 g/mol. The van der Waals surface area contributed by atoms with Gasteiger partial charge >= 0.3 is 11.9 Å². The van der Waals surface area contributed by atoms with Crippen molar-refractivity contribution >= 4 is 23.7 Å². The van der Waals surface area contributed by atoms with Crippen LogP contribution >= 0.6 is 11.8 Å². The molecule has 3 rings (SSSR count). The molecule has 6 nitrogen and oxygen atoms in total. The molecule has 2 fully saturated rings. The van der Waals surface area contributed by atoms with Crippen LogP contribution < -0.4 is 0 Å². The van der Waals surface area contributed by atoms with Gasteiger partial charge in [-0.05, 0) is 18.6 Å². The Morgan fingerprint density at radius 3 is 2.78 bits per heavy atom. The van der Waals surface area contributed by atoms with E-state index in [4.69, 9.17) is 18.9 Å². The molecule has 0 aliphatic carbocycles. The first-order chi connectivity index (χ1) is 13.1. The summed E-state index contributed by atoms with van der Waals surface area (Å²) in [6.45, 7) is 4.36. The molecule has 7 heteroatoms. The number of carbonyl (C=O) groups excluding carboxylic acids is 2. The van der Waals surface area contributed by atoms with Crippen molar-refractivity contribution in [1.29, 1.82) is 0 Å². The zero-order valence-corrected chi connectivity index (χ0v) is 16.5. The highest BCUT2D eigenvalue weighted by Crippen LogP contribution is 2.43. The topological polar surface area (TPSA) is 71.1 Å². The van der Waals surface area contributed by atoms with Crippen LogP contribution in [-0.2, 0) is 28.5 Å². The van der Waals surface area contributed by atoms with E-state index >= 15 is 0 Å². The lowest BCUT2D eigenvalue weighted by Gasteiger charge is -2.41. The Kier molecular flexibility index (Phi) is 7.15. The Labute approximate surface area is 163 Å². The Morgan fingerprint density at radius 2 is 2.07 bits per heavy atom. The first-order valence-corrected chi connectivity index (χ1v) is 10.3. The fourth-order valence-corrected chi connectivity index (χ4v) is 4.59. The number of ether oxygens (including phenoxy) is 4. The SMILES string of the molecule is CCCCOCC1O[C@@H](Sc2ccccc2)C2CC(=O)O[C@H]2[C@@H]1OC(C)=O. The van der Waals surface area contributed by atoms with Crippen molar-refractivity contribution in [2.24, 2.45) is 5.92 Å². The smallest absolute Gasteiger partial charge is 0.306 e. The van der Waals surface area contributed by atoms with Crippen LogP contribution in [-0.4, -0.2) is 48.9 Å². The summed E-state index contributed by atoms with van der Waals surface area (Å²) in [7, 11) is 0. The largest absolute Gasteiger partial charge is 0.458 e. The number of unbranched alkanes of at least 4 members (excludes halogenated alkanes) is 1. The van der Waals surface area contributed by atoms with Gasteiger partial charge in [0.15, 0.2) is 6.10 Å². The van der Waals surface area contributed by atoms with Crippen molar-refractivity contribution in [1.82, 2.24) is 0 Å². The molecule has 0 aromatic heterocycles. The molecule has 2 heterocycles. The minimum atomic E-state index is -0.645. The molecule has 2 aliphatic heterocycles. The van der Waals surface area contributed by atoms with Gasteiger partial charge in [-0.15, -0.1) is 0 Å². The van der Waals surface area contributed by atoms with Gasteiger partial charge in [-0.3, -0.25) is 9.59 Å². The molecular formula is C20H26O6S. The number of carbonyl (C=O) groups is 2. The normalized spacial score (nSPS) is 29.9. The van der Waals surface area contributed by atoms with Crippen molar-refractivity contribution in [2.75, 3.05) is 13.2 Å². The summed E-state index contributed by atoms with van der Waals surface area (Å²) in [5, 5.41) is 0. The van der Waals surface area contributed by atoms with Gasteiger partial charge in [0.1, 0.15) is 17.6 Å². The highest BCUT2D eigenvalue weighted by Gasteiger charge is 2.54. The van der Waals surface area contributed by atoms with Crippen LogP contribution in [0.5, 0.6) is 0 Å². The van der Waals surface area contributed by atoms with Crippen LogP contribution in [0.2, 0.25) is 0 Å². The molecule has 0 radical (unpaired) electrons. The Bertz CT molecular complexity index is 637. The first-order valence-electron chi connectivity index (χ1n) is 9.40. The predicted molar refractivity (Wildman–Crippen MR) is 100 cm³/mol. The summed E-state index contributed by atoms with van der Waals surface area (Å²) in [6.07, 6.45) is 0.626. The van der Waals surface area contributed by atoms with Gasteiger partial charge in [0, 0.05) is 24.3 Å². The van der Waals surface area contributed by atoms with E-state index in [1.807, 2.05) is 30.3 Å². The number of hydrogen-bond acceptors (Lipinski definition) is 7. The molecule has 148 valence electrons. The maximum atomic E-state index is 12.0. The molecule has 0 amide bonds. The molecule has 2 saturated heterocycles. The zero-order chi connectivity index (χ0) is 19.2. The van der Waals surface area contributed by atoms with E-state index < -0.39 is 24.3 Å². The summed E-state index contributed by atoms with van der Waals surface area (Å²) >= 11 is 1.56. The summed E-state index contributed by atoms with van der Waals surface area (Å²) < 4.78 is 23.0. The maximum Gasteiger partial charge on any atom is 0.306 e. The van der Waals surface area contributed by atoms with E-state index in [1.54, 1.807) is 11.8 Å². The van der Waals surface area contributed by atoms with E-state index in [-0.39, 0.29) is 23.7 Å². The van der Waals surface area contributed by atoms with E-state index in [0.717, 1.165) is 17.7 Å². The number of hydrogen-bond donors (Lipinski definition) is 0. The van der Waals surface area contributed by atoms with Crippen LogP contribution in [0.1, 0.15) is 33.1 Å². The van der Waals surface area contributed by atoms with Crippen LogP contribution in [0.4, 0.5) is 0 Å². The lowest BCUT2D eigenvalue weighted by molar-refractivity contribution is -0.204. The Hall–Kier alpha value is -1.57. The second-order valence-electron chi connectivity index (χ2n) is 6.80. The van der Waals surface area contributed by atoms with Gasteiger partial charge in [-0.25, -0.2) is 0 Å². The van der Waals surface area contributed by atoms with Crippen LogP contribution in [0.15, 0.2) is 35.2 Å². The summed E-state index contributed by atoms with van der Waals surface area (Å²) in [4.78, 5) is 24.7. The molecule has 0 spiro atoms. The van der Waals surface area contributed by atoms with Gasteiger partial charge in [0.2, 0.25) is 0 Å². The summed E-state index contributed by atoms with van der Waals surface area (Å²) in [5.74, 6) is -0.867. The number of rotatable bonds is 8. The molecule has 0 saturated carbocycles. The molecule has 0 N–H and O–H groups in total. The molecule has 1 aromatic rings. The zero-order valence-electron chi connectivity index (χ0n) is 15.7. The molecular weight excluding hydrogens is 368 g/mol. The van der Waals surface area contributed by atoms with Gasteiger partial charge in [0.05, 0.1) is 13.0 Å². The number of fused-ring (bicyclic) bond motifs is 1. The van der Waals surface area contributed by atoms with Crippen molar-refractivity contribution in [3.63, 3.8) is 0 Å². The molecule has 5 atom stereocenters. The summed E-state index contributed by atoms with van der Waals surface area (Å²) in [5.41, 5.74) is -0.268. The van der Waals surface area contributed by atoms with Crippen molar-refractivity contribution in [2.45, 2.75) is 61.8 Å². The Morgan fingerprint density at radius 1 is 1.30 bits per heavy atom. The second kappa shape index (κ2) is 9.57. The maximum absolute atomic E-state index is 12.0. The fourth-order valence-electron chi connectivity index (χ4n) is 3.38. The van der Waals surface area contributed by atoms with Crippen LogP contribution in [0, 0.1) is 5.92 Å². The third-order valence-electron chi connectivity index (χ3n) is 4.66. The standard InChI is InChI=1S/C20H26O6S/c1-3-4-10-23-12-16-19(24-13(2)21)18-15(11-17(22)26-18)20(25-16)27-14-8-6-5-7-9-14/h5-9,15-16,18-20H,3-4,10-12H2,1-2H3/t15?,16?,18-,19-,20+/m1/s1. The third kappa shape index (κ3) is 5.24. The van der Waals surface area contributed by atoms with E-state index in [1.165, 1.54) is 6.92 Å². The lowest BCUT2D eigenvalue weighted by atomic mass is 9.91. The number of esters is 2. The molecule has 1 aromatic carbocycles. The number of thioether (sulfide) groups is 1. The lowest BCUT2D eigenvalue weighted by Crippen LogP contribution is -2.55. The third-order valence-corrected chi connectivity index (χ3v) is 5.90. The van der Waals surface area contributed by atoms with Gasteiger partial charge in [-0.2, -0.15) is 0 Å². The molecule has 2 aliphatic rings. The molecule has 27 heavy (non-hydrogen) atoms. The first kappa shape index (κ1) is 20.2. The predicted octanol–water partition coefficient (Wildman–Crippen LogP) is 3.18. The monoisotopic (exact) mass is 394 g/mol. The second-order valence-corrected chi connectivity index (χ2v) is 7.97. The Balaban J connectivity index is 1.76. The quantitative estimate of drug-likeness (QED) is 0.495. The highest BCUT2D eigenvalue weighted by molar-refractivity contribution is 7.99. The van der Waals surface area contributed by atoms with E-state index in [9.17, 15) is 9.59 Å². The van der Waals surface area contributed by atoms with Crippen molar-refractivity contribution in [3.8, 4) is 0 Å². The summed E-state index contributed by atoms with van der Waals surface area (Å²) in [6, 6.07) is 9.90. The minimum absolute atomic E-state index is 0.168. The molecule has 0 bridgehead atoms. The van der Waals surface area contributed by atoms with E-state index in [0.29, 0.717) is 13.2 Å². The highest BCUT2D eigenvalue weighted by atomic mass is 32.2. The fraction of sp³-hybridized carbons (Fsp3) is 0.600. The van der Waals surface area contributed by atoms with E-state index in [2.05, 4.69) is 6.92 Å². The van der Waals surface area contributed by atoms with Gasteiger partial charge in [-0.1, -0.05) is 43.3 Å².